The Kier molecular flexibility index (Phi) is 6.51. The minimum absolute atomic E-state index is 0.223. The van der Waals surface area contributed by atoms with Gasteiger partial charge in [-0.25, -0.2) is 4.39 Å². The Morgan fingerprint density at radius 3 is 1.63 bits per heavy atom. The van der Waals surface area contributed by atoms with Gasteiger partial charge in [0.25, 0.3) is 0 Å². The molecule has 2 N–H and O–H groups in total. The van der Waals surface area contributed by atoms with Crippen molar-refractivity contribution in [3.05, 3.63) is 139 Å². The van der Waals surface area contributed by atoms with Crippen molar-refractivity contribution in [1.29, 1.82) is 0 Å². The van der Waals surface area contributed by atoms with Crippen LogP contribution >= 0.6 is 11.8 Å². The van der Waals surface area contributed by atoms with Crippen molar-refractivity contribution in [2.75, 3.05) is 5.73 Å². The first-order valence-corrected chi connectivity index (χ1v) is 12.2. The third kappa shape index (κ3) is 5.21. The average molecular weight is 474 g/mol. The highest BCUT2D eigenvalue weighted by molar-refractivity contribution is 8.08. The maximum Gasteiger partial charge on any atom is 0.123 e. The Balaban J connectivity index is 1.33. The van der Waals surface area contributed by atoms with E-state index < -0.39 is 0 Å². The van der Waals surface area contributed by atoms with Crippen molar-refractivity contribution in [3.63, 3.8) is 0 Å². The van der Waals surface area contributed by atoms with Crippen molar-refractivity contribution >= 4 is 22.4 Å². The van der Waals surface area contributed by atoms with Crippen LogP contribution in [-0.2, 0) is 0 Å². The molecule has 0 spiro atoms. The van der Waals surface area contributed by atoms with Crippen LogP contribution in [0.2, 0.25) is 0 Å². The molecule has 1 nitrogen and oxygen atoms in total. The summed E-state index contributed by atoms with van der Waals surface area (Å²) < 4.78 is 13.2. The number of rotatable bonds is 6. The molecule has 0 atom stereocenters. The van der Waals surface area contributed by atoms with E-state index in [0.29, 0.717) is 0 Å². The molecular weight excluding hydrogens is 449 g/mol. The van der Waals surface area contributed by atoms with E-state index in [2.05, 4.69) is 79.4 Å². The van der Waals surface area contributed by atoms with Gasteiger partial charge < -0.3 is 5.73 Å². The van der Waals surface area contributed by atoms with Crippen LogP contribution in [0.15, 0.2) is 133 Å². The van der Waals surface area contributed by atoms with Gasteiger partial charge in [0, 0.05) is 15.5 Å². The van der Waals surface area contributed by atoms with Gasteiger partial charge in [-0.1, -0.05) is 109 Å². The van der Waals surface area contributed by atoms with E-state index in [0.717, 1.165) is 54.4 Å². The van der Waals surface area contributed by atoms with Gasteiger partial charge in [-0.05, 0) is 69.3 Å². The molecule has 0 aliphatic rings. The minimum Gasteiger partial charge on any atom is -0.398 e. The summed E-state index contributed by atoms with van der Waals surface area (Å²) in [4.78, 5) is 1.98. The number of thioether (sulfide) groups is 1. The Labute approximate surface area is 209 Å². The Morgan fingerprint density at radius 1 is 0.571 bits per heavy atom. The molecule has 5 aromatic carbocycles. The highest BCUT2D eigenvalue weighted by Crippen LogP contribution is 2.37. The highest BCUT2D eigenvalue weighted by Gasteiger charge is 2.07. The third-order valence-corrected chi connectivity index (χ3v) is 7.02. The van der Waals surface area contributed by atoms with E-state index in [1.165, 1.54) is 12.1 Å². The minimum atomic E-state index is -0.223. The second-order valence-corrected chi connectivity index (χ2v) is 9.44. The highest BCUT2D eigenvalue weighted by atomic mass is 32.2. The molecule has 0 aromatic heterocycles. The molecular formula is C32H24FNS. The topological polar surface area (TPSA) is 26.0 Å². The van der Waals surface area contributed by atoms with Crippen LogP contribution in [0.25, 0.3) is 38.3 Å². The normalized spacial score (nSPS) is 10.8. The molecule has 35 heavy (non-hydrogen) atoms. The van der Waals surface area contributed by atoms with Gasteiger partial charge in [-0.2, -0.15) is 0 Å². The first kappa shape index (κ1) is 22.7. The Bertz CT molecular complexity index is 1470. The standard InChI is InChI=1S/C32H24FNS/c1-22(35-32-8-3-2-7-31(32)34)23-9-11-26(12-10-23)28-5-4-6-29(21-28)27-15-13-24(14-16-27)25-17-19-30(33)20-18-25/h2-21H,1,34H2. The number of hydrogen-bond acceptors (Lipinski definition) is 2. The van der Waals surface area contributed by atoms with Crippen LogP contribution in [-0.4, -0.2) is 0 Å². The lowest BCUT2D eigenvalue weighted by Crippen LogP contribution is -1.88. The summed E-state index contributed by atoms with van der Waals surface area (Å²) >= 11 is 1.59. The van der Waals surface area contributed by atoms with Gasteiger partial charge in [0.1, 0.15) is 5.82 Å². The van der Waals surface area contributed by atoms with Gasteiger partial charge in [0.05, 0.1) is 0 Å². The molecule has 0 aliphatic heterocycles. The molecule has 5 rings (SSSR count). The van der Waals surface area contributed by atoms with Crippen LogP contribution in [0, 0.1) is 5.82 Å². The largest absolute Gasteiger partial charge is 0.398 e. The Hall–Kier alpha value is -4.08. The maximum absolute atomic E-state index is 13.2. The summed E-state index contributed by atoms with van der Waals surface area (Å²) in [5.74, 6) is -0.223. The van der Waals surface area contributed by atoms with E-state index in [1.54, 1.807) is 23.9 Å². The number of halogens is 1. The van der Waals surface area contributed by atoms with Crippen LogP contribution < -0.4 is 5.73 Å². The van der Waals surface area contributed by atoms with E-state index in [1.807, 2.05) is 24.3 Å². The maximum atomic E-state index is 13.2. The van der Waals surface area contributed by atoms with Gasteiger partial charge in [-0.15, -0.1) is 0 Å². The predicted molar refractivity (Wildman–Crippen MR) is 148 cm³/mol. The number of hydrogen-bond donors (Lipinski definition) is 1. The summed E-state index contributed by atoms with van der Waals surface area (Å²) in [6.45, 7) is 4.24. The lowest BCUT2D eigenvalue weighted by molar-refractivity contribution is 0.628. The third-order valence-electron chi connectivity index (χ3n) is 5.95. The lowest BCUT2D eigenvalue weighted by atomic mass is 9.97. The van der Waals surface area contributed by atoms with Gasteiger partial charge in [0.15, 0.2) is 0 Å². The monoisotopic (exact) mass is 473 g/mol. The number of nitrogen functional groups attached to an aromatic ring is 1. The van der Waals surface area contributed by atoms with E-state index in [-0.39, 0.29) is 5.82 Å². The number of anilines is 1. The predicted octanol–water partition coefficient (Wildman–Crippen LogP) is 9.17. The Morgan fingerprint density at radius 2 is 1.06 bits per heavy atom. The van der Waals surface area contributed by atoms with E-state index >= 15 is 0 Å². The van der Waals surface area contributed by atoms with Crippen molar-refractivity contribution in [2.24, 2.45) is 0 Å². The van der Waals surface area contributed by atoms with E-state index in [9.17, 15) is 4.39 Å². The molecule has 0 aliphatic carbocycles. The summed E-state index contributed by atoms with van der Waals surface area (Å²) in [7, 11) is 0. The second kappa shape index (κ2) is 10.0. The van der Waals surface area contributed by atoms with Crippen LogP contribution in [0.4, 0.5) is 10.1 Å². The van der Waals surface area contributed by atoms with Gasteiger partial charge in [0.2, 0.25) is 0 Å². The van der Waals surface area contributed by atoms with Crippen molar-refractivity contribution < 1.29 is 4.39 Å². The van der Waals surface area contributed by atoms with Crippen LogP contribution in [0.3, 0.4) is 0 Å². The fourth-order valence-electron chi connectivity index (χ4n) is 3.99. The number of para-hydroxylation sites is 1. The average Bonchev–Trinajstić information content (AvgIpc) is 2.91. The molecule has 170 valence electrons. The zero-order valence-electron chi connectivity index (χ0n) is 19.1. The molecule has 5 aromatic rings. The smallest absolute Gasteiger partial charge is 0.123 e. The van der Waals surface area contributed by atoms with Crippen LogP contribution in [0.5, 0.6) is 0 Å². The number of benzene rings is 5. The summed E-state index contributed by atoms with van der Waals surface area (Å²) in [6, 6.07) is 39.8. The zero-order valence-corrected chi connectivity index (χ0v) is 19.9. The lowest BCUT2D eigenvalue weighted by Gasteiger charge is -2.10. The molecule has 0 bridgehead atoms. The van der Waals surface area contributed by atoms with Gasteiger partial charge in [-0.3, -0.25) is 0 Å². The van der Waals surface area contributed by atoms with Crippen molar-refractivity contribution in [2.45, 2.75) is 4.90 Å². The second-order valence-electron chi connectivity index (χ2n) is 8.31. The fourth-order valence-corrected chi connectivity index (χ4v) is 4.84. The molecule has 0 saturated heterocycles. The molecule has 0 amide bonds. The molecule has 0 saturated carbocycles. The first-order chi connectivity index (χ1) is 17.1. The molecule has 0 radical (unpaired) electrons. The SMILES string of the molecule is C=C(Sc1ccccc1N)c1ccc(-c2cccc(-c3ccc(-c4ccc(F)cc4)cc3)c2)cc1. The molecule has 0 unspecified atom stereocenters. The number of nitrogens with two attached hydrogens (primary N) is 1. The van der Waals surface area contributed by atoms with E-state index in [4.69, 9.17) is 5.73 Å². The first-order valence-electron chi connectivity index (χ1n) is 11.4. The molecule has 3 heteroatoms. The summed E-state index contributed by atoms with van der Waals surface area (Å²) in [5.41, 5.74) is 14.6. The fraction of sp³-hybridized carbons (Fsp3) is 0. The molecule has 0 heterocycles. The van der Waals surface area contributed by atoms with Crippen molar-refractivity contribution in [3.8, 4) is 33.4 Å². The molecule has 0 fully saturated rings. The quantitative estimate of drug-likeness (QED) is 0.196. The van der Waals surface area contributed by atoms with Crippen LogP contribution in [0.1, 0.15) is 5.56 Å². The van der Waals surface area contributed by atoms with Crippen molar-refractivity contribution in [1.82, 2.24) is 0 Å². The zero-order chi connectivity index (χ0) is 24.2. The van der Waals surface area contributed by atoms with Gasteiger partial charge >= 0.3 is 0 Å². The summed E-state index contributed by atoms with van der Waals surface area (Å²) in [6.07, 6.45) is 0. The summed E-state index contributed by atoms with van der Waals surface area (Å²) in [5, 5.41) is 0.